The first-order chi connectivity index (χ1) is 8.61. The molecule has 1 aromatic heterocycles. The molecular weight excluding hydrogens is 269 g/mol. The van der Waals surface area contributed by atoms with Crippen molar-refractivity contribution in [1.29, 1.82) is 0 Å². The molecule has 0 radical (unpaired) electrons. The van der Waals surface area contributed by atoms with E-state index in [1.54, 1.807) is 0 Å². The van der Waals surface area contributed by atoms with E-state index in [2.05, 4.69) is 10.2 Å². The van der Waals surface area contributed by atoms with E-state index < -0.39 is 23.0 Å². The van der Waals surface area contributed by atoms with E-state index in [4.69, 9.17) is 16.0 Å². The molecule has 1 aromatic carbocycles. The molecule has 18 heavy (non-hydrogen) atoms. The van der Waals surface area contributed by atoms with Crippen LogP contribution in [0.25, 0.3) is 11.5 Å². The molecule has 2 rings (SSSR count). The van der Waals surface area contributed by atoms with Crippen molar-refractivity contribution in [2.45, 2.75) is 12.8 Å². The second-order valence-corrected chi connectivity index (χ2v) is 3.92. The molecule has 1 heterocycles. The van der Waals surface area contributed by atoms with Gasteiger partial charge in [0.05, 0.1) is 0 Å². The van der Waals surface area contributed by atoms with Gasteiger partial charge in [0, 0.05) is 24.4 Å². The van der Waals surface area contributed by atoms with Crippen molar-refractivity contribution in [3.05, 3.63) is 35.5 Å². The van der Waals surface area contributed by atoms with Gasteiger partial charge < -0.3 is 4.42 Å². The first-order valence-electron chi connectivity index (χ1n) is 5.15. The fourth-order valence-electron chi connectivity index (χ4n) is 1.42. The molecule has 0 N–H and O–H groups in total. The minimum atomic E-state index is -1.08. The van der Waals surface area contributed by atoms with Gasteiger partial charge in [-0.3, -0.25) is 0 Å². The highest BCUT2D eigenvalue weighted by Gasteiger charge is 2.19. The van der Waals surface area contributed by atoms with Crippen LogP contribution in [0, 0.1) is 17.5 Å². The zero-order valence-electron chi connectivity index (χ0n) is 9.09. The lowest BCUT2D eigenvalue weighted by molar-refractivity contribution is 0.489. The van der Waals surface area contributed by atoms with Crippen LogP contribution in [-0.4, -0.2) is 16.1 Å². The van der Waals surface area contributed by atoms with Crippen LogP contribution in [0.2, 0.25) is 0 Å². The number of hydrogen-bond acceptors (Lipinski definition) is 3. The van der Waals surface area contributed by atoms with Crippen molar-refractivity contribution in [1.82, 2.24) is 10.2 Å². The number of halogens is 4. The number of hydrogen-bond donors (Lipinski definition) is 0. The molecule has 2 aromatic rings. The Morgan fingerprint density at radius 1 is 1.11 bits per heavy atom. The summed E-state index contributed by atoms with van der Waals surface area (Å²) >= 11 is 5.49. The quantitative estimate of drug-likeness (QED) is 0.804. The topological polar surface area (TPSA) is 38.9 Å². The smallest absolute Gasteiger partial charge is 0.253 e. The largest absolute Gasteiger partial charge is 0.420 e. The number of nitrogens with zero attached hydrogens (tertiary/aromatic N) is 2. The minimum Gasteiger partial charge on any atom is -0.420 e. The van der Waals surface area contributed by atoms with E-state index in [1.165, 1.54) is 0 Å². The summed E-state index contributed by atoms with van der Waals surface area (Å²) in [6.07, 6.45) is 1.03. The summed E-state index contributed by atoms with van der Waals surface area (Å²) in [7, 11) is 0. The fraction of sp³-hybridized carbons (Fsp3) is 0.273. The molecule has 0 atom stereocenters. The van der Waals surface area contributed by atoms with Crippen molar-refractivity contribution in [2.75, 3.05) is 5.88 Å². The van der Waals surface area contributed by atoms with Gasteiger partial charge in [-0.25, -0.2) is 13.2 Å². The summed E-state index contributed by atoms with van der Waals surface area (Å²) in [6.45, 7) is 0. The molecule has 0 spiro atoms. The van der Waals surface area contributed by atoms with Gasteiger partial charge in [-0.1, -0.05) is 0 Å². The maximum absolute atomic E-state index is 13.4. The normalized spacial score (nSPS) is 10.9. The van der Waals surface area contributed by atoms with Crippen molar-refractivity contribution in [2.24, 2.45) is 0 Å². The number of aromatic nitrogens is 2. The lowest BCUT2D eigenvalue weighted by Crippen LogP contribution is -1.92. The van der Waals surface area contributed by atoms with E-state index >= 15 is 0 Å². The van der Waals surface area contributed by atoms with Gasteiger partial charge in [0.15, 0.2) is 0 Å². The Labute approximate surface area is 106 Å². The maximum Gasteiger partial charge on any atom is 0.253 e. The molecule has 0 aliphatic rings. The summed E-state index contributed by atoms with van der Waals surface area (Å²) in [5.74, 6) is -2.84. The second kappa shape index (κ2) is 5.39. The van der Waals surface area contributed by atoms with Crippen LogP contribution in [0.5, 0.6) is 0 Å². The lowest BCUT2D eigenvalue weighted by Gasteiger charge is -1.99. The molecule has 0 bridgehead atoms. The molecule has 0 saturated heterocycles. The molecule has 0 aliphatic heterocycles. The predicted octanol–water partition coefficient (Wildman–Crippen LogP) is 3.33. The maximum atomic E-state index is 13.4. The van der Waals surface area contributed by atoms with Gasteiger partial charge in [0.2, 0.25) is 5.89 Å². The Bertz CT molecular complexity index is 536. The second-order valence-electron chi connectivity index (χ2n) is 3.54. The molecule has 7 heteroatoms. The Morgan fingerprint density at radius 3 is 2.39 bits per heavy atom. The van der Waals surface area contributed by atoms with Gasteiger partial charge in [0.1, 0.15) is 23.0 Å². The van der Waals surface area contributed by atoms with E-state index in [1.807, 2.05) is 0 Å². The zero-order chi connectivity index (χ0) is 13.1. The van der Waals surface area contributed by atoms with Crippen molar-refractivity contribution < 1.29 is 17.6 Å². The first-order valence-corrected chi connectivity index (χ1v) is 5.68. The van der Waals surface area contributed by atoms with Gasteiger partial charge >= 0.3 is 0 Å². The zero-order valence-corrected chi connectivity index (χ0v) is 9.85. The predicted molar refractivity (Wildman–Crippen MR) is 58.6 cm³/mol. The van der Waals surface area contributed by atoms with Crippen LogP contribution in [-0.2, 0) is 6.42 Å². The molecular formula is C11H8ClF3N2O. The molecule has 0 saturated carbocycles. The third kappa shape index (κ3) is 2.64. The van der Waals surface area contributed by atoms with Gasteiger partial charge in [-0.15, -0.1) is 21.8 Å². The molecule has 0 amide bonds. The number of aryl methyl sites for hydroxylation is 1. The molecule has 0 aliphatic carbocycles. The lowest BCUT2D eigenvalue weighted by atomic mass is 10.2. The molecule has 3 nitrogen and oxygen atoms in total. The van der Waals surface area contributed by atoms with E-state index in [0.29, 0.717) is 30.9 Å². The van der Waals surface area contributed by atoms with Crippen LogP contribution >= 0.6 is 11.6 Å². The Kier molecular flexibility index (Phi) is 3.86. The Balaban J connectivity index is 2.34. The average Bonchev–Trinajstić information content (AvgIpc) is 2.73. The summed E-state index contributed by atoms with van der Waals surface area (Å²) in [6, 6.07) is 1.11. The first kappa shape index (κ1) is 12.9. The monoisotopic (exact) mass is 276 g/mol. The third-order valence-corrected chi connectivity index (χ3v) is 2.48. The third-order valence-electron chi connectivity index (χ3n) is 2.21. The van der Waals surface area contributed by atoms with Gasteiger partial charge in [-0.05, 0) is 6.42 Å². The minimum absolute atomic E-state index is 0.230. The highest BCUT2D eigenvalue weighted by atomic mass is 35.5. The van der Waals surface area contributed by atoms with Crippen LogP contribution in [0.15, 0.2) is 16.5 Å². The molecule has 96 valence electrons. The highest BCUT2D eigenvalue weighted by Crippen LogP contribution is 2.26. The fourth-order valence-corrected chi connectivity index (χ4v) is 1.55. The van der Waals surface area contributed by atoms with Crippen molar-refractivity contribution in [3.8, 4) is 11.5 Å². The number of alkyl halides is 1. The van der Waals surface area contributed by atoms with Crippen LogP contribution in [0.4, 0.5) is 13.2 Å². The summed E-state index contributed by atoms with van der Waals surface area (Å²) < 4.78 is 44.7. The standard InChI is InChI=1S/C11H8ClF3N2O/c12-3-1-2-9-16-17-11(18-9)10-7(14)4-6(13)5-8(10)15/h4-5H,1-3H2. The van der Waals surface area contributed by atoms with E-state index in [-0.39, 0.29) is 11.8 Å². The number of rotatable bonds is 4. The average molecular weight is 277 g/mol. The van der Waals surface area contributed by atoms with Gasteiger partial charge in [0.25, 0.3) is 5.89 Å². The number of benzene rings is 1. The van der Waals surface area contributed by atoms with Crippen LogP contribution in [0.3, 0.4) is 0 Å². The summed E-state index contributed by atoms with van der Waals surface area (Å²) in [5.41, 5.74) is -0.527. The Morgan fingerprint density at radius 2 is 1.78 bits per heavy atom. The van der Waals surface area contributed by atoms with Gasteiger partial charge in [-0.2, -0.15) is 0 Å². The molecule has 0 unspecified atom stereocenters. The Hall–Kier alpha value is -1.56. The SMILES string of the molecule is Fc1cc(F)c(-c2nnc(CCCCl)o2)c(F)c1. The highest BCUT2D eigenvalue weighted by molar-refractivity contribution is 6.17. The van der Waals surface area contributed by atoms with E-state index in [0.717, 1.165) is 0 Å². The molecule has 0 fully saturated rings. The summed E-state index contributed by atoms with van der Waals surface area (Å²) in [4.78, 5) is 0. The summed E-state index contributed by atoms with van der Waals surface area (Å²) in [5, 5.41) is 7.16. The van der Waals surface area contributed by atoms with E-state index in [9.17, 15) is 13.2 Å². The van der Waals surface area contributed by atoms with Crippen molar-refractivity contribution >= 4 is 11.6 Å². The van der Waals surface area contributed by atoms with Crippen LogP contribution < -0.4 is 0 Å². The van der Waals surface area contributed by atoms with Crippen molar-refractivity contribution in [3.63, 3.8) is 0 Å². The van der Waals surface area contributed by atoms with Crippen LogP contribution in [0.1, 0.15) is 12.3 Å².